The van der Waals surface area contributed by atoms with Crippen LogP contribution >= 0.6 is 0 Å². The van der Waals surface area contributed by atoms with Crippen LogP contribution in [0.1, 0.15) is 34.8 Å². The van der Waals surface area contributed by atoms with Crippen molar-refractivity contribution in [2.45, 2.75) is 32.4 Å². The van der Waals surface area contributed by atoms with E-state index in [2.05, 4.69) is 46.7 Å². The summed E-state index contributed by atoms with van der Waals surface area (Å²) in [5.74, 6) is 0.586. The SMILES string of the molecule is CCCc1c(C=NCNc2ccc(C(=O)N3CC(OC)C3)cc2OC)cccc1-c1cnn(CCOC)c1. The van der Waals surface area contributed by atoms with Crippen LogP contribution in [0.3, 0.4) is 0 Å². The zero-order chi connectivity index (χ0) is 26.9. The van der Waals surface area contributed by atoms with Gasteiger partial charge in [0.2, 0.25) is 0 Å². The number of methoxy groups -OCH3 is 3. The van der Waals surface area contributed by atoms with Gasteiger partial charge in [-0.2, -0.15) is 5.10 Å². The van der Waals surface area contributed by atoms with Crippen molar-refractivity contribution in [3.05, 3.63) is 65.5 Å². The van der Waals surface area contributed by atoms with Crippen LogP contribution in [-0.2, 0) is 22.4 Å². The third-order valence-electron chi connectivity index (χ3n) is 6.69. The number of nitrogens with zero attached hydrogens (tertiary/aromatic N) is 4. The molecule has 9 heteroatoms. The van der Waals surface area contributed by atoms with Crippen molar-refractivity contribution in [1.29, 1.82) is 0 Å². The summed E-state index contributed by atoms with van der Waals surface area (Å²) in [6, 6.07) is 11.7. The van der Waals surface area contributed by atoms with Crippen molar-refractivity contribution in [3.63, 3.8) is 0 Å². The van der Waals surface area contributed by atoms with Gasteiger partial charge in [-0.15, -0.1) is 0 Å². The number of carbonyl (C=O) groups is 1. The minimum absolute atomic E-state index is 0.0197. The molecule has 0 aliphatic carbocycles. The van der Waals surface area contributed by atoms with Crippen molar-refractivity contribution >= 4 is 17.8 Å². The average Bonchev–Trinajstić information content (AvgIpc) is 3.39. The third-order valence-corrected chi connectivity index (χ3v) is 6.69. The Balaban J connectivity index is 1.43. The number of ether oxygens (including phenoxy) is 3. The molecule has 38 heavy (non-hydrogen) atoms. The maximum atomic E-state index is 12.7. The summed E-state index contributed by atoms with van der Waals surface area (Å²) in [6.45, 7) is 5.13. The molecule has 1 aromatic heterocycles. The molecule has 0 bridgehead atoms. The van der Waals surface area contributed by atoms with E-state index in [1.165, 1.54) is 11.1 Å². The molecular weight excluding hydrogens is 482 g/mol. The molecule has 1 aliphatic rings. The summed E-state index contributed by atoms with van der Waals surface area (Å²) in [4.78, 5) is 19.1. The number of aromatic nitrogens is 2. The molecule has 1 amide bonds. The van der Waals surface area contributed by atoms with Gasteiger partial charge in [-0.1, -0.05) is 31.5 Å². The zero-order valence-corrected chi connectivity index (χ0v) is 22.6. The van der Waals surface area contributed by atoms with Gasteiger partial charge in [0.05, 0.1) is 38.2 Å². The highest BCUT2D eigenvalue weighted by Crippen LogP contribution is 2.28. The minimum Gasteiger partial charge on any atom is -0.495 e. The van der Waals surface area contributed by atoms with Gasteiger partial charge in [-0.25, -0.2) is 0 Å². The number of likely N-dealkylation sites (tertiary alicyclic amines) is 1. The van der Waals surface area contributed by atoms with Crippen LogP contribution in [0.5, 0.6) is 5.75 Å². The summed E-state index contributed by atoms with van der Waals surface area (Å²) >= 11 is 0. The van der Waals surface area contributed by atoms with E-state index in [-0.39, 0.29) is 12.0 Å². The molecule has 2 aromatic carbocycles. The number of anilines is 1. The van der Waals surface area contributed by atoms with E-state index in [0.29, 0.717) is 37.7 Å². The predicted octanol–water partition coefficient (Wildman–Crippen LogP) is 4.12. The number of nitrogens with one attached hydrogen (secondary N) is 1. The Bertz CT molecular complexity index is 1250. The van der Waals surface area contributed by atoms with Gasteiger partial charge < -0.3 is 24.4 Å². The molecule has 1 saturated heterocycles. The molecule has 0 spiro atoms. The number of carbonyl (C=O) groups excluding carboxylic acids is 1. The lowest BCUT2D eigenvalue weighted by Gasteiger charge is -2.38. The first kappa shape index (κ1) is 27.3. The van der Waals surface area contributed by atoms with Crippen molar-refractivity contribution in [2.75, 3.05) is 53.0 Å². The topological polar surface area (TPSA) is 90.2 Å². The minimum atomic E-state index is -0.0197. The summed E-state index contributed by atoms with van der Waals surface area (Å²) < 4.78 is 17.9. The summed E-state index contributed by atoms with van der Waals surface area (Å²) in [6.07, 6.45) is 7.98. The molecule has 3 aromatic rings. The largest absolute Gasteiger partial charge is 0.495 e. The molecule has 1 N–H and O–H groups in total. The van der Waals surface area contributed by atoms with Gasteiger partial charge in [0.1, 0.15) is 12.4 Å². The molecule has 0 saturated carbocycles. The maximum absolute atomic E-state index is 12.7. The number of benzene rings is 2. The van der Waals surface area contributed by atoms with Gasteiger partial charge in [0.25, 0.3) is 5.91 Å². The molecule has 2 heterocycles. The van der Waals surface area contributed by atoms with Crippen LogP contribution in [0.4, 0.5) is 5.69 Å². The van der Waals surface area contributed by atoms with Gasteiger partial charge in [0.15, 0.2) is 0 Å². The van der Waals surface area contributed by atoms with E-state index in [1.807, 2.05) is 29.2 Å². The van der Waals surface area contributed by atoms with Crippen LogP contribution < -0.4 is 10.1 Å². The first-order valence-electron chi connectivity index (χ1n) is 12.9. The second-order valence-corrected chi connectivity index (χ2v) is 9.24. The van der Waals surface area contributed by atoms with Crippen molar-refractivity contribution in [2.24, 2.45) is 4.99 Å². The van der Waals surface area contributed by atoms with E-state index < -0.39 is 0 Å². The third kappa shape index (κ3) is 6.41. The number of hydrogen-bond acceptors (Lipinski definition) is 7. The molecular formula is C29H37N5O4. The molecule has 1 aliphatic heterocycles. The summed E-state index contributed by atoms with van der Waals surface area (Å²) in [7, 11) is 4.96. The Morgan fingerprint density at radius 3 is 2.79 bits per heavy atom. The monoisotopic (exact) mass is 519 g/mol. The first-order valence-corrected chi connectivity index (χ1v) is 12.9. The van der Waals surface area contributed by atoms with Crippen LogP contribution in [0.2, 0.25) is 0 Å². The fourth-order valence-corrected chi connectivity index (χ4v) is 4.52. The van der Waals surface area contributed by atoms with E-state index >= 15 is 0 Å². The Morgan fingerprint density at radius 2 is 2.05 bits per heavy atom. The lowest BCUT2D eigenvalue weighted by molar-refractivity contribution is -0.0192. The number of aliphatic imine (C=N–C) groups is 1. The van der Waals surface area contributed by atoms with Crippen LogP contribution in [0.15, 0.2) is 53.8 Å². The van der Waals surface area contributed by atoms with E-state index in [0.717, 1.165) is 36.2 Å². The number of hydrogen-bond donors (Lipinski definition) is 1. The normalized spacial score (nSPS) is 13.6. The number of amides is 1. The Labute approximate surface area is 224 Å². The molecule has 202 valence electrons. The molecule has 1 fully saturated rings. The zero-order valence-electron chi connectivity index (χ0n) is 22.6. The van der Waals surface area contributed by atoms with Crippen molar-refractivity contribution in [3.8, 4) is 16.9 Å². The lowest BCUT2D eigenvalue weighted by atomic mass is 9.94. The standard InChI is InChI=1S/C29H37N5O4/c1-5-7-25-22(8-6-9-26(25)23-16-32-34(17-23)12-13-36-2)15-30-20-31-27-11-10-21(14-28(27)38-4)29(35)33-18-24(19-33)37-3/h6,8-11,14-17,24,31H,5,7,12-13,18-20H2,1-4H3. The average molecular weight is 520 g/mol. The first-order chi connectivity index (χ1) is 18.6. The van der Waals surface area contributed by atoms with Crippen molar-refractivity contribution < 1.29 is 19.0 Å². The Kier molecular flexibility index (Phi) is 9.51. The lowest BCUT2D eigenvalue weighted by Crippen LogP contribution is -2.54. The number of rotatable bonds is 13. The maximum Gasteiger partial charge on any atom is 0.254 e. The highest BCUT2D eigenvalue weighted by Gasteiger charge is 2.31. The molecule has 4 rings (SSSR count). The molecule has 0 radical (unpaired) electrons. The van der Waals surface area contributed by atoms with Crippen LogP contribution in [0.25, 0.3) is 11.1 Å². The second kappa shape index (κ2) is 13.2. The van der Waals surface area contributed by atoms with Gasteiger partial charge in [0, 0.05) is 50.8 Å². The van der Waals surface area contributed by atoms with Gasteiger partial charge in [-0.3, -0.25) is 14.5 Å². The van der Waals surface area contributed by atoms with E-state index in [4.69, 9.17) is 14.2 Å². The van der Waals surface area contributed by atoms with E-state index in [1.54, 1.807) is 32.3 Å². The van der Waals surface area contributed by atoms with Gasteiger partial charge in [-0.05, 0) is 41.3 Å². The molecule has 0 unspecified atom stereocenters. The highest BCUT2D eigenvalue weighted by molar-refractivity contribution is 5.96. The Hall–Kier alpha value is -3.69. The van der Waals surface area contributed by atoms with Gasteiger partial charge >= 0.3 is 0 Å². The fourth-order valence-electron chi connectivity index (χ4n) is 4.52. The van der Waals surface area contributed by atoms with E-state index in [9.17, 15) is 4.79 Å². The molecule has 9 nitrogen and oxygen atoms in total. The second-order valence-electron chi connectivity index (χ2n) is 9.24. The summed E-state index contributed by atoms with van der Waals surface area (Å²) in [5.41, 5.74) is 5.99. The quantitative estimate of drug-likeness (QED) is 0.342. The smallest absolute Gasteiger partial charge is 0.254 e. The van der Waals surface area contributed by atoms with Crippen LogP contribution in [0, 0.1) is 0 Å². The Morgan fingerprint density at radius 1 is 1.21 bits per heavy atom. The predicted molar refractivity (Wildman–Crippen MR) is 149 cm³/mol. The van der Waals surface area contributed by atoms with Crippen molar-refractivity contribution in [1.82, 2.24) is 14.7 Å². The van der Waals surface area contributed by atoms with Crippen LogP contribution in [-0.4, -0.2) is 80.6 Å². The highest BCUT2D eigenvalue weighted by atomic mass is 16.5. The fraction of sp³-hybridized carbons (Fsp3) is 0.414. The molecule has 0 atom stereocenters. The summed E-state index contributed by atoms with van der Waals surface area (Å²) in [5, 5.41) is 7.78.